The molecule has 0 bridgehead atoms. The van der Waals surface area contributed by atoms with Crippen molar-refractivity contribution in [2.45, 2.75) is 111 Å². The topological polar surface area (TPSA) is 96.0 Å². The number of hydrogen-bond acceptors (Lipinski definition) is 7. The number of ketones is 1. The van der Waals surface area contributed by atoms with E-state index in [1.165, 1.54) is 6.92 Å². The fraction of sp³-hybridized carbons (Fsp3) is 0.667. The van der Waals surface area contributed by atoms with Gasteiger partial charge in [0.25, 0.3) is 0 Å². The summed E-state index contributed by atoms with van der Waals surface area (Å²) in [7, 11) is 0. The molecule has 0 amide bonds. The summed E-state index contributed by atoms with van der Waals surface area (Å²) in [5.41, 5.74) is 0.300. The Bertz CT molecular complexity index is 846. The number of unbranched alkanes of at least 4 members (excludes halogenated alkanes) is 2. The monoisotopic (exact) mass is 518 g/mol. The van der Waals surface area contributed by atoms with Crippen molar-refractivity contribution in [2.75, 3.05) is 13.2 Å². The van der Waals surface area contributed by atoms with Crippen LogP contribution in [0.15, 0.2) is 24.3 Å². The fourth-order valence-corrected chi connectivity index (χ4v) is 4.70. The molecule has 0 aliphatic rings. The third kappa shape index (κ3) is 11.1. The maximum Gasteiger partial charge on any atom is 0.338 e. The maximum atomic E-state index is 13.2. The molecular weight excluding hydrogens is 472 g/mol. The molecule has 7 nitrogen and oxygen atoms in total. The summed E-state index contributed by atoms with van der Waals surface area (Å²) in [6.45, 7) is 9.35. The molecule has 2 atom stereocenters. The van der Waals surface area contributed by atoms with Gasteiger partial charge in [-0.25, -0.2) is 4.79 Å². The number of ether oxygens (including phenoxy) is 3. The number of aryl methyl sites for hydroxylation is 1. The van der Waals surface area contributed by atoms with E-state index >= 15 is 0 Å². The molecule has 0 heterocycles. The normalized spacial score (nSPS) is 13.3. The molecule has 37 heavy (non-hydrogen) atoms. The zero-order valence-electron chi connectivity index (χ0n) is 23.4. The molecule has 1 aromatic rings. The number of benzene rings is 1. The molecule has 0 aliphatic heterocycles. The predicted octanol–water partition coefficient (Wildman–Crippen LogP) is 6.40. The number of carbonyl (C=O) groups is 4. The van der Waals surface area contributed by atoms with E-state index in [-0.39, 0.29) is 36.9 Å². The van der Waals surface area contributed by atoms with Gasteiger partial charge < -0.3 is 14.2 Å². The molecule has 0 saturated carbocycles. The highest BCUT2D eigenvalue weighted by Crippen LogP contribution is 2.36. The van der Waals surface area contributed by atoms with E-state index in [0.717, 1.165) is 31.2 Å². The second-order valence-corrected chi connectivity index (χ2v) is 9.47. The lowest BCUT2D eigenvalue weighted by Gasteiger charge is -2.30. The van der Waals surface area contributed by atoms with Gasteiger partial charge in [0.05, 0.1) is 18.8 Å². The van der Waals surface area contributed by atoms with Gasteiger partial charge in [-0.1, -0.05) is 38.8 Å². The van der Waals surface area contributed by atoms with Crippen molar-refractivity contribution in [3.63, 3.8) is 0 Å². The average Bonchev–Trinajstić information content (AvgIpc) is 2.87. The summed E-state index contributed by atoms with van der Waals surface area (Å²) in [5, 5.41) is 0. The summed E-state index contributed by atoms with van der Waals surface area (Å²) < 4.78 is 15.9. The van der Waals surface area contributed by atoms with Crippen LogP contribution in [0.5, 0.6) is 0 Å². The highest BCUT2D eigenvalue weighted by Gasteiger charge is 2.44. The van der Waals surface area contributed by atoms with Gasteiger partial charge in [-0.05, 0) is 82.9 Å². The predicted molar refractivity (Wildman–Crippen MR) is 143 cm³/mol. The van der Waals surface area contributed by atoms with Gasteiger partial charge in [-0.2, -0.15) is 0 Å². The van der Waals surface area contributed by atoms with Crippen LogP contribution >= 0.6 is 0 Å². The Hall–Kier alpha value is -2.70. The Labute approximate surface area is 222 Å². The minimum Gasteiger partial charge on any atom is -0.465 e. The van der Waals surface area contributed by atoms with E-state index in [1.807, 2.05) is 12.1 Å². The van der Waals surface area contributed by atoms with E-state index in [0.29, 0.717) is 50.7 Å². The number of esters is 3. The summed E-state index contributed by atoms with van der Waals surface area (Å²) in [6, 6.07) is 7.22. The van der Waals surface area contributed by atoms with Gasteiger partial charge in [0.2, 0.25) is 0 Å². The summed E-state index contributed by atoms with van der Waals surface area (Å²) >= 11 is 0. The molecule has 0 fully saturated rings. The van der Waals surface area contributed by atoms with E-state index in [9.17, 15) is 19.2 Å². The molecule has 0 saturated heterocycles. The molecule has 208 valence electrons. The smallest absolute Gasteiger partial charge is 0.338 e. The number of hydrogen-bond donors (Lipinski definition) is 0. The highest BCUT2D eigenvalue weighted by molar-refractivity contribution is 6.03. The molecule has 0 aliphatic carbocycles. The van der Waals surface area contributed by atoms with E-state index in [4.69, 9.17) is 14.2 Å². The summed E-state index contributed by atoms with van der Waals surface area (Å²) in [5.74, 6) is -1.24. The maximum absolute atomic E-state index is 13.2. The molecule has 7 heteroatoms. The van der Waals surface area contributed by atoms with Gasteiger partial charge in [0.15, 0.2) is 0 Å². The first-order valence-corrected chi connectivity index (χ1v) is 13.9. The average molecular weight is 519 g/mol. The molecular formula is C30H46O7. The standard InChI is InChI=1S/C30H46O7/c1-6-10-11-15-26(37-23(5)31)16-13-22-30(27(32)7-2,29(34)36-9-4)21-12-14-24-17-19-25(20-18-24)28(33)35-8-3/h17-20,26H,6-16,21-22H2,1-5H3. The minimum atomic E-state index is -1.21. The van der Waals surface area contributed by atoms with Gasteiger partial charge in [0.1, 0.15) is 17.3 Å². The fourth-order valence-electron chi connectivity index (χ4n) is 4.70. The third-order valence-electron chi connectivity index (χ3n) is 6.65. The van der Waals surface area contributed by atoms with Crippen LogP contribution in [0.2, 0.25) is 0 Å². The lowest BCUT2D eigenvalue weighted by molar-refractivity contribution is -0.162. The van der Waals surface area contributed by atoms with E-state index < -0.39 is 11.4 Å². The Balaban J connectivity index is 2.94. The van der Waals surface area contributed by atoms with Crippen LogP contribution in [0, 0.1) is 5.41 Å². The zero-order chi connectivity index (χ0) is 27.7. The molecule has 0 radical (unpaired) electrons. The van der Waals surface area contributed by atoms with Crippen molar-refractivity contribution in [1.82, 2.24) is 0 Å². The van der Waals surface area contributed by atoms with Gasteiger partial charge in [-0.15, -0.1) is 0 Å². The van der Waals surface area contributed by atoms with E-state index in [1.54, 1.807) is 32.9 Å². The van der Waals surface area contributed by atoms with Crippen LogP contribution in [0.3, 0.4) is 0 Å². The second-order valence-electron chi connectivity index (χ2n) is 9.47. The van der Waals surface area contributed by atoms with Gasteiger partial charge in [0, 0.05) is 13.3 Å². The van der Waals surface area contributed by atoms with Crippen molar-refractivity contribution in [1.29, 1.82) is 0 Å². The first-order valence-electron chi connectivity index (χ1n) is 13.9. The Morgan fingerprint density at radius 3 is 2.00 bits per heavy atom. The minimum absolute atomic E-state index is 0.112. The van der Waals surface area contributed by atoms with Crippen molar-refractivity contribution in [3.8, 4) is 0 Å². The lowest BCUT2D eigenvalue weighted by Crippen LogP contribution is -2.41. The third-order valence-corrected chi connectivity index (χ3v) is 6.65. The lowest BCUT2D eigenvalue weighted by atomic mass is 9.73. The number of Topliss-reactive ketones (excluding diaryl/α,β-unsaturated/α-hetero) is 1. The van der Waals surface area contributed by atoms with E-state index in [2.05, 4.69) is 6.92 Å². The first-order chi connectivity index (χ1) is 17.7. The van der Waals surface area contributed by atoms with Crippen LogP contribution in [0.25, 0.3) is 0 Å². The number of rotatable bonds is 19. The molecule has 0 N–H and O–H groups in total. The Kier molecular flexibility index (Phi) is 15.5. The SMILES string of the molecule is CCCCCC(CCCC(CCCc1ccc(C(=O)OCC)cc1)(C(=O)CC)C(=O)OCC)OC(C)=O. The van der Waals surface area contributed by atoms with Crippen molar-refractivity contribution in [2.24, 2.45) is 5.41 Å². The Morgan fingerprint density at radius 2 is 1.43 bits per heavy atom. The quantitative estimate of drug-likeness (QED) is 0.0905. The summed E-state index contributed by atoms with van der Waals surface area (Å²) in [4.78, 5) is 49.8. The summed E-state index contributed by atoms with van der Waals surface area (Å²) in [6.07, 6.45) is 7.16. The highest BCUT2D eigenvalue weighted by atomic mass is 16.5. The van der Waals surface area contributed by atoms with Crippen molar-refractivity contribution < 1.29 is 33.4 Å². The van der Waals surface area contributed by atoms with Gasteiger partial charge >= 0.3 is 17.9 Å². The zero-order valence-corrected chi connectivity index (χ0v) is 23.4. The van der Waals surface area contributed by atoms with Crippen LogP contribution < -0.4 is 0 Å². The van der Waals surface area contributed by atoms with Crippen molar-refractivity contribution in [3.05, 3.63) is 35.4 Å². The molecule has 0 spiro atoms. The molecule has 2 unspecified atom stereocenters. The van der Waals surface area contributed by atoms with Gasteiger partial charge in [-0.3, -0.25) is 14.4 Å². The van der Waals surface area contributed by atoms with Crippen LogP contribution in [-0.4, -0.2) is 43.0 Å². The molecule has 1 aromatic carbocycles. The Morgan fingerprint density at radius 1 is 0.811 bits per heavy atom. The first kappa shape index (κ1) is 32.3. The van der Waals surface area contributed by atoms with Crippen LogP contribution in [0.4, 0.5) is 0 Å². The second kappa shape index (κ2) is 17.7. The molecule has 0 aromatic heterocycles. The van der Waals surface area contributed by atoms with Crippen LogP contribution in [0.1, 0.15) is 115 Å². The van der Waals surface area contributed by atoms with Crippen LogP contribution in [-0.2, 0) is 35.0 Å². The van der Waals surface area contributed by atoms with Crippen molar-refractivity contribution >= 4 is 23.7 Å². The largest absolute Gasteiger partial charge is 0.465 e. The number of carbonyl (C=O) groups excluding carboxylic acids is 4. The molecule has 1 rings (SSSR count).